The lowest BCUT2D eigenvalue weighted by Crippen LogP contribution is -2.40. The predicted molar refractivity (Wildman–Crippen MR) is 53.3 cm³/mol. The van der Waals surface area contributed by atoms with E-state index in [9.17, 15) is 9.59 Å². The summed E-state index contributed by atoms with van der Waals surface area (Å²) in [6.07, 6.45) is 0.406. The third-order valence-electron chi connectivity index (χ3n) is 2.21. The van der Waals surface area contributed by atoms with Gasteiger partial charge in [-0.1, -0.05) is 0 Å². The van der Waals surface area contributed by atoms with E-state index >= 15 is 0 Å². The summed E-state index contributed by atoms with van der Waals surface area (Å²) < 4.78 is 9.87. The number of rotatable bonds is 4. The molecule has 0 atom stereocenters. The van der Waals surface area contributed by atoms with Crippen LogP contribution in [0.15, 0.2) is 0 Å². The quantitative estimate of drug-likeness (QED) is 0.628. The SMILES string of the molecule is CCOC(=O)CCC(=O)N1CCOCC1. The molecule has 1 saturated heterocycles. The zero-order valence-corrected chi connectivity index (χ0v) is 9.03. The van der Waals surface area contributed by atoms with Crippen LogP contribution >= 0.6 is 0 Å². The minimum Gasteiger partial charge on any atom is -0.466 e. The molecular formula is C10H17NO4. The Morgan fingerprint density at radius 1 is 1.27 bits per heavy atom. The maximum absolute atomic E-state index is 11.6. The normalized spacial score (nSPS) is 16.2. The second-order valence-electron chi connectivity index (χ2n) is 3.30. The summed E-state index contributed by atoms with van der Waals surface area (Å²) in [7, 11) is 0. The van der Waals surface area contributed by atoms with Crippen molar-refractivity contribution in [3.05, 3.63) is 0 Å². The highest BCUT2D eigenvalue weighted by molar-refractivity contribution is 5.81. The highest BCUT2D eigenvalue weighted by Crippen LogP contribution is 2.03. The number of hydrogen-bond acceptors (Lipinski definition) is 4. The monoisotopic (exact) mass is 215 g/mol. The van der Waals surface area contributed by atoms with Gasteiger partial charge in [-0.25, -0.2) is 0 Å². The third kappa shape index (κ3) is 4.29. The molecule has 0 aliphatic carbocycles. The van der Waals surface area contributed by atoms with Crippen molar-refractivity contribution < 1.29 is 19.1 Å². The molecule has 1 aliphatic rings. The van der Waals surface area contributed by atoms with Gasteiger partial charge in [0.2, 0.25) is 5.91 Å². The third-order valence-corrected chi connectivity index (χ3v) is 2.21. The molecule has 1 rings (SSSR count). The molecule has 0 aromatic heterocycles. The topological polar surface area (TPSA) is 55.8 Å². The lowest BCUT2D eigenvalue weighted by molar-refractivity contribution is -0.146. The Morgan fingerprint density at radius 2 is 1.93 bits per heavy atom. The first-order valence-corrected chi connectivity index (χ1v) is 5.25. The van der Waals surface area contributed by atoms with Gasteiger partial charge in [-0.15, -0.1) is 0 Å². The van der Waals surface area contributed by atoms with Gasteiger partial charge in [0, 0.05) is 19.5 Å². The average molecular weight is 215 g/mol. The van der Waals surface area contributed by atoms with E-state index in [0.29, 0.717) is 32.9 Å². The summed E-state index contributed by atoms with van der Waals surface area (Å²) in [5.41, 5.74) is 0. The van der Waals surface area contributed by atoms with Crippen molar-refractivity contribution in [2.45, 2.75) is 19.8 Å². The minimum absolute atomic E-state index is 0.00588. The van der Waals surface area contributed by atoms with Crippen molar-refractivity contribution in [1.82, 2.24) is 4.90 Å². The van der Waals surface area contributed by atoms with Crippen molar-refractivity contribution in [2.24, 2.45) is 0 Å². The smallest absolute Gasteiger partial charge is 0.306 e. The number of amides is 1. The number of carbonyl (C=O) groups excluding carboxylic acids is 2. The van der Waals surface area contributed by atoms with E-state index in [2.05, 4.69) is 0 Å². The number of ether oxygens (including phenoxy) is 2. The summed E-state index contributed by atoms with van der Waals surface area (Å²) in [6.45, 7) is 4.55. The van der Waals surface area contributed by atoms with Gasteiger partial charge in [0.25, 0.3) is 0 Å². The molecule has 1 aliphatic heterocycles. The van der Waals surface area contributed by atoms with E-state index in [1.165, 1.54) is 0 Å². The number of morpholine rings is 1. The lowest BCUT2D eigenvalue weighted by atomic mass is 10.2. The highest BCUT2D eigenvalue weighted by Gasteiger charge is 2.17. The Labute approximate surface area is 89.3 Å². The Morgan fingerprint density at radius 3 is 2.53 bits per heavy atom. The molecule has 0 unspecified atom stereocenters. The Balaban J connectivity index is 2.19. The van der Waals surface area contributed by atoms with Crippen LogP contribution in [-0.4, -0.2) is 49.7 Å². The molecule has 0 saturated carbocycles. The van der Waals surface area contributed by atoms with Gasteiger partial charge in [-0.05, 0) is 6.92 Å². The van der Waals surface area contributed by atoms with Crippen LogP contribution in [0.25, 0.3) is 0 Å². The molecule has 0 bridgehead atoms. The summed E-state index contributed by atoms with van der Waals surface area (Å²) in [6, 6.07) is 0. The van der Waals surface area contributed by atoms with Gasteiger partial charge in [-0.2, -0.15) is 0 Å². The maximum Gasteiger partial charge on any atom is 0.306 e. The summed E-state index contributed by atoms with van der Waals surface area (Å²) in [5.74, 6) is -0.300. The van der Waals surface area contributed by atoms with Gasteiger partial charge < -0.3 is 14.4 Å². The van der Waals surface area contributed by atoms with Crippen LogP contribution in [-0.2, 0) is 19.1 Å². The van der Waals surface area contributed by atoms with Crippen molar-refractivity contribution in [3.63, 3.8) is 0 Å². The number of nitrogens with zero attached hydrogens (tertiary/aromatic N) is 1. The van der Waals surface area contributed by atoms with Gasteiger partial charge in [0.15, 0.2) is 0 Å². The molecule has 1 amide bonds. The molecule has 0 aromatic rings. The van der Waals surface area contributed by atoms with Crippen molar-refractivity contribution in [2.75, 3.05) is 32.9 Å². The first-order valence-electron chi connectivity index (χ1n) is 5.25. The second kappa shape index (κ2) is 6.40. The molecule has 5 heteroatoms. The molecule has 1 heterocycles. The van der Waals surface area contributed by atoms with Crippen molar-refractivity contribution in [3.8, 4) is 0 Å². The Hall–Kier alpha value is -1.10. The fourth-order valence-corrected chi connectivity index (χ4v) is 1.41. The van der Waals surface area contributed by atoms with E-state index in [1.807, 2.05) is 0 Å². The average Bonchev–Trinajstić information content (AvgIpc) is 2.27. The molecule has 0 N–H and O–H groups in total. The molecule has 0 spiro atoms. The van der Waals surface area contributed by atoms with E-state index < -0.39 is 0 Å². The van der Waals surface area contributed by atoms with Crippen LogP contribution in [0.5, 0.6) is 0 Å². The fraction of sp³-hybridized carbons (Fsp3) is 0.800. The standard InChI is InChI=1S/C10H17NO4/c1-2-15-10(13)4-3-9(12)11-5-7-14-8-6-11/h2-8H2,1H3. The van der Waals surface area contributed by atoms with Crippen molar-refractivity contribution >= 4 is 11.9 Å². The molecular weight excluding hydrogens is 198 g/mol. The zero-order chi connectivity index (χ0) is 11.1. The van der Waals surface area contributed by atoms with Gasteiger partial charge in [0.05, 0.1) is 26.2 Å². The zero-order valence-electron chi connectivity index (χ0n) is 9.03. The number of hydrogen-bond donors (Lipinski definition) is 0. The largest absolute Gasteiger partial charge is 0.466 e. The highest BCUT2D eigenvalue weighted by atomic mass is 16.5. The van der Waals surface area contributed by atoms with E-state index in [0.717, 1.165) is 0 Å². The maximum atomic E-state index is 11.6. The van der Waals surface area contributed by atoms with Crippen LogP contribution in [0.1, 0.15) is 19.8 Å². The minimum atomic E-state index is -0.306. The summed E-state index contributed by atoms with van der Waals surface area (Å²) in [4.78, 5) is 24.3. The fourth-order valence-electron chi connectivity index (χ4n) is 1.41. The predicted octanol–water partition coefficient (Wildman–Crippen LogP) is 0.188. The summed E-state index contributed by atoms with van der Waals surface area (Å²) >= 11 is 0. The van der Waals surface area contributed by atoms with Gasteiger partial charge >= 0.3 is 5.97 Å². The Kier molecular flexibility index (Phi) is 5.10. The van der Waals surface area contributed by atoms with Crippen LogP contribution in [0.4, 0.5) is 0 Å². The van der Waals surface area contributed by atoms with E-state index in [1.54, 1.807) is 11.8 Å². The van der Waals surface area contributed by atoms with Gasteiger partial charge in [-0.3, -0.25) is 9.59 Å². The van der Waals surface area contributed by atoms with E-state index in [-0.39, 0.29) is 24.7 Å². The van der Waals surface area contributed by atoms with Gasteiger partial charge in [0.1, 0.15) is 0 Å². The number of esters is 1. The van der Waals surface area contributed by atoms with E-state index in [4.69, 9.17) is 9.47 Å². The molecule has 86 valence electrons. The second-order valence-corrected chi connectivity index (χ2v) is 3.30. The van der Waals surface area contributed by atoms with Crippen LogP contribution in [0.3, 0.4) is 0 Å². The summed E-state index contributed by atoms with van der Waals surface area (Å²) in [5, 5.41) is 0. The first-order chi connectivity index (χ1) is 7.24. The Bertz CT molecular complexity index is 223. The molecule has 1 fully saturated rings. The lowest BCUT2D eigenvalue weighted by Gasteiger charge is -2.26. The van der Waals surface area contributed by atoms with Crippen molar-refractivity contribution in [1.29, 1.82) is 0 Å². The number of carbonyl (C=O) groups is 2. The first kappa shape index (κ1) is 12.0. The van der Waals surface area contributed by atoms with Crippen LogP contribution in [0.2, 0.25) is 0 Å². The molecule has 0 aromatic carbocycles. The molecule has 5 nitrogen and oxygen atoms in total. The van der Waals surface area contributed by atoms with Crippen LogP contribution in [0, 0.1) is 0 Å². The van der Waals surface area contributed by atoms with Crippen LogP contribution < -0.4 is 0 Å². The molecule has 15 heavy (non-hydrogen) atoms. The molecule has 0 radical (unpaired) electrons.